The summed E-state index contributed by atoms with van der Waals surface area (Å²) in [5, 5.41) is 0. The van der Waals surface area contributed by atoms with Crippen LogP contribution in [0.15, 0.2) is 48.6 Å². The first-order valence-electron chi connectivity index (χ1n) is 10.1. The molecule has 0 heterocycles. The summed E-state index contributed by atoms with van der Waals surface area (Å²) in [6, 6.07) is 8.55. The quantitative estimate of drug-likeness (QED) is 0.684. The van der Waals surface area contributed by atoms with E-state index in [0.717, 1.165) is 18.6 Å². The van der Waals surface area contributed by atoms with Gasteiger partial charge in [-0.1, -0.05) is 50.1 Å². The van der Waals surface area contributed by atoms with Crippen LogP contribution in [0.4, 0.5) is 0 Å². The highest BCUT2D eigenvalue weighted by Gasteiger charge is 2.76. The van der Waals surface area contributed by atoms with E-state index in [-0.39, 0.29) is 22.2 Å². The third kappa shape index (κ3) is 1.67. The Kier molecular flexibility index (Phi) is 3.36. The van der Waals surface area contributed by atoms with E-state index in [0.29, 0.717) is 11.7 Å². The second kappa shape index (κ2) is 5.34. The van der Waals surface area contributed by atoms with Crippen LogP contribution < -0.4 is 4.74 Å². The standard InChI is InChI=1S/C24H28O2/c1-22-13-5-6-14-23(22)15-16-24(22,17-9-11-18(26-2)12-10-17)21-19(23)7-3-4-8-20(21)25/h4,8-12,15-16,19,21H,3,5-7,13-14H2,1-2H3/t19-,21-,22+,23+,24+/m0/s1. The summed E-state index contributed by atoms with van der Waals surface area (Å²) in [5.41, 5.74) is 1.47. The Morgan fingerprint density at radius 3 is 2.62 bits per heavy atom. The highest BCUT2D eigenvalue weighted by Crippen LogP contribution is 2.79. The first-order chi connectivity index (χ1) is 12.6. The van der Waals surface area contributed by atoms with Crippen molar-refractivity contribution in [2.75, 3.05) is 7.11 Å². The molecule has 5 rings (SSSR count). The van der Waals surface area contributed by atoms with E-state index < -0.39 is 0 Å². The van der Waals surface area contributed by atoms with E-state index in [9.17, 15) is 4.79 Å². The summed E-state index contributed by atoms with van der Waals surface area (Å²) < 4.78 is 5.39. The monoisotopic (exact) mass is 348 g/mol. The molecule has 0 saturated heterocycles. The number of methoxy groups -OCH3 is 1. The Labute approximate surface area is 156 Å². The van der Waals surface area contributed by atoms with Gasteiger partial charge in [0, 0.05) is 11.3 Å². The molecule has 0 N–H and O–H groups in total. The van der Waals surface area contributed by atoms with Gasteiger partial charge in [0.05, 0.1) is 7.11 Å². The third-order valence-corrected chi connectivity index (χ3v) is 8.46. The molecule has 2 fully saturated rings. The minimum absolute atomic E-state index is 0.0859. The molecule has 4 aliphatic carbocycles. The number of benzene rings is 1. The molecule has 0 aromatic heterocycles. The molecule has 1 aromatic rings. The number of rotatable bonds is 2. The van der Waals surface area contributed by atoms with Crippen LogP contribution in [0.5, 0.6) is 5.75 Å². The first kappa shape index (κ1) is 16.4. The summed E-state index contributed by atoms with van der Waals surface area (Å²) >= 11 is 0. The summed E-state index contributed by atoms with van der Waals surface area (Å²) in [7, 11) is 1.71. The van der Waals surface area contributed by atoms with Gasteiger partial charge in [-0.05, 0) is 66.2 Å². The zero-order valence-electron chi connectivity index (χ0n) is 15.8. The van der Waals surface area contributed by atoms with E-state index >= 15 is 0 Å². The van der Waals surface area contributed by atoms with Gasteiger partial charge in [0.2, 0.25) is 0 Å². The van der Waals surface area contributed by atoms with E-state index in [1.807, 2.05) is 6.08 Å². The largest absolute Gasteiger partial charge is 0.497 e. The Balaban J connectivity index is 1.76. The number of fused-ring (bicyclic) bond motifs is 2. The fraction of sp³-hybridized carbons (Fsp3) is 0.542. The molecular weight excluding hydrogens is 320 g/mol. The number of hydrogen-bond acceptors (Lipinski definition) is 2. The van der Waals surface area contributed by atoms with Crippen molar-refractivity contribution in [3.8, 4) is 5.75 Å². The number of allylic oxidation sites excluding steroid dienone is 4. The number of ketones is 1. The van der Waals surface area contributed by atoms with Crippen molar-refractivity contribution in [1.82, 2.24) is 0 Å². The normalized spacial score (nSPS) is 43.1. The molecule has 2 bridgehead atoms. The maximum absolute atomic E-state index is 13.3. The van der Waals surface area contributed by atoms with E-state index in [1.54, 1.807) is 7.11 Å². The van der Waals surface area contributed by atoms with Gasteiger partial charge < -0.3 is 4.74 Å². The van der Waals surface area contributed by atoms with E-state index in [4.69, 9.17) is 4.74 Å². The fourth-order valence-electron chi connectivity index (χ4n) is 7.39. The summed E-state index contributed by atoms with van der Waals surface area (Å²) in [6.07, 6.45) is 16.2. The first-order valence-corrected chi connectivity index (χ1v) is 10.1. The fourth-order valence-corrected chi connectivity index (χ4v) is 7.39. The van der Waals surface area contributed by atoms with Crippen molar-refractivity contribution in [2.45, 2.75) is 50.9 Å². The van der Waals surface area contributed by atoms with E-state index in [1.165, 1.54) is 31.2 Å². The average Bonchev–Trinajstić information content (AvgIpc) is 2.92. The van der Waals surface area contributed by atoms with Crippen LogP contribution in [0.2, 0.25) is 0 Å². The van der Waals surface area contributed by atoms with Crippen molar-refractivity contribution in [2.24, 2.45) is 22.7 Å². The lowest BCUT2D eigenvalue weighted by Gasteiger charge is -2.51. The second-order valence-corrected chi connectivity index (χ2v) is 8.98. The third-order valence-electron chi connectivity index (χ3n) is 8.46. The minimum Gasteiger partial charge on any atom is -0.497 e. The molecular formula is C24H28O2. The summed E-state index contributed by atoms with van der Waals surface area (Å²) in [5.74, 6) is 1.79. The topological polar surface area (TPSA) is 26.3 Å². The molecule has 0 aliphatic heterocycles. The lowest BCUT2D eigenvalue weighted by Crippen LogP contribution is -2.47. The molecule has 0 radical (unpaired) electrons. The van der Waals surface area contributed by atoms with E-state index in [2.05, 4.69) is 49.4 Å². The van der Waals surface area contributed by atoms with Gasteiger partial charge in [-0.25, -0.2) is 0 Å². The van der Waals surface area contributed by atoms with Gasteiger partial charge in [-0.15, -0.1) is 0 Å². The van der Waals surface area contributed by atoms with Gasteiger partial charge in [0.25, 0.3) is 0 Å². The predicted molar refractivity (Wildman–Crippen MR) is 103 cm³/mol. The van der Waals surface area contributed by atoms with Crippen LogP contribution in [0, 0.1) is 22.7 Å². The molecule has 26 heavy (non-hydrogen) atoms. The lowest BCUT2D eigenvalue weighted by atomic mass is 9.52. The van der Waals surface area contributed by atoms with Gasteiger partial charge in [0.1, 0.15) is 5.75 Å². The Morgan fingerprint density at radius 1 is 1.08 bits per heavy atom. The molecule has 0 spiro atoms. The molecule has 5 atom stereocenters. The molecule has 0 amide bonds. The highest BCUT2D eigenvalue weighted by atomic mass is 16.5. The summed E-state index contributed by atoms with van der Waals surface area (Å²) in [4.78, 5) is 13.3. The zero-order chi connectivity index (χ0) is 18.0. The van der Waals surface area contributed by atoms with Crippen molar-refractivity contribution in [1.29, 1.82) is 0 Å². The van der Waals surface area contributed by atoms with Crippen LogP contribution >= 0.6 is 0 Å². The van der Waals surface area contributed by atoms with Gasteiger partial charge in [-0.2, -0.15) is 0 Å². The Bertz CT molecular complexity index is 804. The number of ether oxygens (including phenoxy) is 1. The number of carbonyl (C=O) groups excluding carboxylic acids is 1. The summed E-state index contributed by atoms with van der Waals surface area (Å²) in [6.45, 7) is 2.49. The van der Waals surface area contributed by atoms with Crippen molar-refractivity contribution in [3.63, 3.8) is 0 Å². The molecule has 2 nitrogen and oxygen atoms in total. The lowest BCUT2D eigenvalue weighted by molar-refractivity contribution is -0.121. The number of hydrogen-bond donors (Lipinski definition) is 0. The van der Waals surface area contributed by atoms with Crippen molar-refractivity contribution < 1.29 is 9.53 Å². The molecule has 2 saturated carbocycles. The van der Waals surface area contributed by atoms with Crippen LogP contribution in [-0.2, 0) is 10.2 Å². The van der Waals surface area contributed by atoms with Crippen molar-refractivity contribution >= 4 is 5.78 Å². The molecule has 2 heteroatoms. The molecule has 136 valence electrons. The van der Waals surface area contributed by atoms with Crippen LogP contribution in [-0.4, -0.2) is 12.9 Å². The smallest absolute Gasteiger partial charge is 0.159 e. The van der Waals surface area contributed by atoms with Gasteiger partial charge in [-0.3, -0.25) is 4.79 Å². The predicted octanol–water partition coefficient (Wildman–Crippen LogP) is 5.23. The molecule has 1 aromatic carbocycles. The zero-order valence-corrected chi connectivity index (χ0v) is 15.8. The van der Waals surface area contributed by atoms with Gasteiger partial charge >= 0.3 is 0 Å². The van der Waals surface area contributed by atoms with Crippen molar-refractivity contribution in [3.05, 3.63) is 54.1 Å². The number of carbonyl (C=O) groups is 1. The second-order valence-electron chi connectivity index (χ2n) is 8.98. The van der Waals surface area contributed by atoms with Gasteiger partial charge in [0.15, 0.2) is 5.78 Å². The van der Waals surface area contributed by atoms with Crippen LogP contribution in [0.3, 0.4) is 0 Å². The van der Waals surface area contributed by atoms with Crippen LogP contribution in [0.25, 0.3) is 0 Å². The Morgan fingerprint density at radius 2 is 1.85 bits per heavy atom. The van der Waals surface area contributed by atoms with Crippen LogP contribution in [0.1, 0.15) is 51.0 Å². The maximum atomic E-state index is 13.3. The Hall–Kier alpha value is -1.83. The minimum atomic E-state index is -0.171. The SMILES string of the molecule is COc1ccc([C@@]23C=C[C@]4(CCCC[C@]42C)[C@H]2CCC=CC(=O)[C@H]23)cc1. The average molecular weight is 348 g/mol. The maximum Gasteiger partial charge on any atom is 0.159 e. The molecule has 4 aliphatic rings. The highest BCUT2D eigenvalue weighted by molar-refractivity contribution is 5.95. The molecule has 0 unspecified atom stereocenters.